The Labute approximate surface area is 152 Å². The number of methoxy groups -OCH3 is 2. The highest BCUT2D eigenvalue weighted by Gasteiger charge is 2.35. The molecule has 0 unspecified atom stereocenters. The van der Waals surface area contributed by atoms with Gasteiger partial charge in [0, 0.05) is 19.2 Å². The van der Waals surface area contributed by atoms with E-state index in [9.17, 15) is 9.50 Å². The van der Waals surface area contributed by atoms with Crippen molar-refractivity contribution in [3.8, 4) is 17.6 Å². The van der Waals surface area contributed by atoms with Crippen LogP contribution in [0.15, 0.2) is 36.4 Å². The highest BCUT2D eigenvalue weighted by molar-refractivity contribution is 5.52. The molecule has 1 heterocycles. The maximum atomic E-state index is 14.2. The number of halogens is 1. The summed E-state index contributed by atoms with van der Waals surface area (Å²) in [5.41, 5.74) is 0.452. The first kappa shape index (κ1) is 18.0. The van der Waals surface area contributed by atoms with Crippen LogP contribution in [0.2, 0.25) is 0 Å². The van der Waals surface area contributed by atoms with Gasteiger partial charge in [0.15, 0.2) is 0 Å². The Morgan fingerprint density at radius 1 is 1.08 bits per heavy atom. The van der Waals surface area contributed by atoms with Crippen LogP contribution in [-0.2, 0) is 5.60 Å². The molecule has 136 valence electrons. The number of piperidine rings is 1. The molecule has 1 aliphatic heterocycles. The van der Waals surface area contributed by atoms with Gasteiger partial charge in [-0.1, -0.05) is 0 Å². The standard InChI is InChI=1S/C20H21FN2O3/c1-25-16-10-15(11-17(12-16)26-2)20(24)5-7-23(8-6-20)19-4-3-14(13-22)9-18(19)21/h3-4,9-12,24H,5-8H2,1-2H3. The smallest absolute Gasteiger partial charge is 0.147 e. The monoisotopic (exact) mass is 356 g/mol. The Bertz CT molecular complexity index is 817. The van der Waals surface area contributed by atoms with E-state index in [1.807, 2.05) is 11.0 Å². The first-order chi connectivity index (χ1) is 12.5. The van der Waals surface area contributed by atoms with Crippen molar-refractivity contribution in [3.63, 3.8) is 0 Å². The lowest BCUT2D eigenvalue weighted by Gasteiger charge is -2.40. The number of benzene rings is 2. The molecule has 0 bridgehead atoms. The molecule has 2 aromatic carbocycles. The van der Waals surface area contributed by atoms with Crippen LogP contribution in [0.25, 0.3) is 0 Å². The predicted octanol–water partition coefficient (Wildman–Crippen LogP) is 3.20. The van der Waals surface area contributed by atoms with Crippen molar-refractivity contribution in [3.05, 3.63) is 53.3 Å². The topological polar surface area (TPSA) is 65.7 Å². The minimum Gasteiger partial charge on any atom is -0.497 e. The molecule has 1 N–H and O–H groups in total. The van der Waals surface area contributed by atoms with Crippen LogP contribution >= 0.6 is 0 Å². The fourth-order valence-electron chi connectivity index (χ4n) is 3.32. The number of rotatable bonds is 4. The van der Waals surface area contributed by atoms with Crippen molar-refractivity contribution in [1.82, 2.24) is 0 Å². The lowest BCUT2D eigenvalue weighted by atomic mass is 9.84. The van der Waals surface area contributed by atoms with Crippen molar-refractivity contribution in [2.45, 2.75) is 18.4 Å². The van der Waals surface area contributed by atoms with E-state index in [-0.39, 0.29) is 0 Å². The van der Waals surface area contributed by atoms with E-state index in [0.29, 0.717) is 48.7 Å². The van der Waals surface area contributed by atoms with Crippen LogP contribution in [0.5, 0.6) is 11.5 Å². The third kappa shape index (κ3) is 3.44. The number of nitrogens with zero attached hydrogens (tertiary/aromatic N) is 2. The highest BCUT2D eigenvalue weighted by atomic mass is 19.1. The second-order valence-electron chi connectivity index (χ2n) is 6.40. The van der Waals surface area contributed by atoms with E-state index in [4.69, 9.17) is 14.7 Å². The van der Waals surface area contributed by atoms with E-state index < -0.39 is 11.4 Å². The van der Waals surface area contributed by atoms with E-state index in [0.717, 1.165) is 5.56 Å². The summed E-state index contributed by atoms with van der Waals surface area (Å²) in [5.74, 6) is 0.819. The summed E-state index contributed by atoms with van der Waals surface area (Å²) in [4.78, 5) is 1.89. The molecule has 0 atom stereocenters. The molecule has 0 aliphatic carbocycles. The fourth-order valence-corrected chi connectivity index (χ4v) is 3.32. The largest absolute Gasteiger partial charge is 0.497 e. The third-order valence-electron chi connectivity index (χ3n) is 4.90. The number of aliphatic hydroxyl groups is 1. The van der Waals surface area contributed by atoms with Gasteiger partial charge in [0.05, 0.1) is 37.1 Å². The fraction of sp³-hybridized carbons (Fsp3) is 0.350. The molecule has 0 aromatic heterocycles. The number of hydrogen-bond donors (Lipinski definition) is 1. The van der Waals surface area contributed by atoms with Crippen molar-refractivity contribution in [2.75, 3.05) is 32.2 Å². The first-order valence-corrected chi connectivity index (χ1v) is 8.39. The lowest BCUT2D eigenvalue weighted by Crippen LogP contribution is -2.43. The Kier molecular flexibility index (Phi) is 5.01. The molecule has 6 heteroatoms. The predicted molar refractivity (Wildman–Crippen MR) is 96.0 cm³/mol. The Hall–Kier alpha value is -2.78. The molecule has 3 rings (SSSR count). The Morgan fingerprint density at radius 2 is 1.69 bits per heavy atom. The van der Waals surface area contributed by atoms with E-state index >= 15 is 0 Å². The van der Waals surface area contributed by atoms with Gasteiger partial charge in [-0.2, -0.15) is 5.26 Å². The average molecular weight is 356 g/mol. The minimum absolute atomic E-state index is 0.295. The Morgan fingerprint density at radius 3 is 2.19 bits per heavy atom. The number of nitriles is 1. The number of anilines is 1. The summed E-state index contributed by atoms with van der Waals surface area (Å²) < 4.78 is 24.8. The van der Waals surface area contributed by atoms with Gasteiger partial charge in [0.25, 0.3) is 0 Å². The molecule has 0 spiro atoms. The second-order valence-corrected chi connectivity index (χ2v) is 6.40. The number of hydrogen-bond acceptors (Lipinski definition) is 5. The van der Waals surface area contributed by atoms with Gasteiger partial charge < -0.3 is 19.5 Å². The van der Waals surface area contributed by atoms with E-state index in [1.165, 1.54) is 6.07 Å². The molecule has 1 saturated heterocycles. The van der Waals surface area contributed by atoms with Crippen molar-refractivity contribution >= 4 is 5.69 Å². The van der Waals surface area contributed by atoms with Crippen LogP contribution in [-0.4, -0.2) is 32.4 Å². The zero-order valence-corrected chi connectivity index (χ0v) is 14.8. The quantitative estimate of drug-likeness (QED) is 0.911. The van der Waals surface area contributed by atoms with Crippen LogP contribution in [0.3, 0.4) is 0 Å². The summed E-state index contributed by atoms with van der Waals surface area (Å²) in [5, 5.41) is 20.0. The van der Waals surface area contributed by atoms with Gasteiger partial charge in [-0.25, -0.2) is 4.39 Å². The Balaban J connectivity index is 1.80. The molecular weight excluding hydrogens is 335 g/mol. The molecule has 2 aromatic rings. The van der Waals surface area contributed by atoms with Gasteiger partial charge >= 0.3 is 0 Å². The van der Waals surface area contributed by atoms with Crippen LogP contribution in [0.4, 0.5) is 10.1 Å². The molecule has 26 heavy (non-hydrogen) atoms. The SMILES string of the molecule is COc1cc(OC)cc(C2(O)CCN(c3ccc(C#N)cc3F)CC2)c1. The van der Waals surface area contributed by atoms with Crippen LogP contribution in [0.1, 0.15) is 24.0 Å². The summed E-state index contributed by atoms with van der Waals surface area (Å²) in [6, 6.07) is 11.8. The zero-order valence-electron chi connectivity index (χ0n) is 14.8. The van der Waals surface area contributed by atoms with Gasteiger partial charge in [0.2, 0.25) is 0 Å². The molecule has 5 nitrogen and oxygen atoms in total. The maximum absolute atomic E-state index is 14.2. The lowest BCUT2D eigenvalue weighted by molar-refractivity contribution is 0.0113. The molecule has 0 radical (unpaired) electrons. The zero-order chi connectivity index (χ0) is 18.7. The number of ether oxygens (including phenoxy) is 2. The van der Waals surface area contributed by atoms with E-state index in [2.05, 4.69) is 0 Å². The van der Waals surface area contributed by atoms with Crippen molar-refractivity contribution in [1.29, 1.82) is 5.26 Å². The summed E-state index contributed by atoms with van der Waals surface area (Å²) in [7, 11) is 3.14. The molecule has 1 aliphatic rings. The van der Waals surface area contributed by atoms with Crippen LogP contribution < -0.4 is 14.4 Å². The van der Waals surface area contributed by atoms with Crippen LogP contribution in [0, 0.1) is 17.1 Å². The first-order valence-electron chi connectivity index (χ1n) is 8.39. The second kappa shape index (κ2) is 7.22. The van der Waals surface area contributed by atoms with Gasteiger partial charge in [0.1, 0.15) is 17.3 Å². The minimum atomic E-state index is -1.03. The molecule has 0 amide bonds. The summed E-state index contributed by atoms with van der Waals surface area (Å²) in [6.07, 6.45) is 0.894. The maximum Gasteiger partial charge on any atom is 0.147 e. The summed E-state index contributed by atoms with van der Waals surface area (Å²) >= 11 is 0. The molecule has 1 fully saturated rings. The van der Waals surface area contributed by atoms with Gasteiger partial charge in [-0.05, 0) is 48.7 Å². The van der Waals surface area contributed by atoms with Gasteiger partial charge in [-0.15, -0.1) is 0 Å². The molecular formula is C20H21FN2O3. The average Bonchev–Trinajstić information content (AvgIpc) is 2.68. The van der Waals surface area contributed by atoms with E-state index in [1.54, 1.807) is 44.6 Å². The normalized spacial score (nSPS) is 16.0. The van der Waals surface area contributed by atoms with Crippen molar-refractivity contribution in [2.24, 2.45) is 0 Å². The molecule has 0 saturated carbocycles. The van der Waals surface area contributed by atoms with Gasteiger partial charge in [-0.3, -0.25) is 0 Å². The third-order valence-corrected chi connectivity index (χ3v) is 4.90. The highest BCUT2D eigenvalue weighted by Crippen LogP contribution is 2.38. The van der Waals surface area contributed by atoms with Crippen molar-refractivity contribution < 1.29 is 19.0 Å². The summed E-state index contributed by atoms with van der Waals surface area (Å²) in [6.45, 7) is 0.998.